The zero-order valence-corrected chi connectivity index (χ0v) is 16.2. The lowest BCUT2D eigenvalue weighted by Gasteiger charge is -2.09. The van der Waals surface area contributed by atoms with Crippen molar-refractivity contribution >= 4 is 38.6 Å². The molecule has 0 unspecified atom stereocenters. The number of nitrogens with one attached hydrogen (secondary N) is 1. The second-order valence-electron chi connectivity index (χ2n) is 6.04. The SMILES string of the molecule is CCCCn1c(COC(=O)c2cc(Cl)c[nH]2)nc2cc(S(N)(=O)=O)ccc21. The van der Waals surface area contributed by atoms with Crippen molar-refractivity contribution in [2.24, 2.45) is 5.14 Å². The van der Waals surface area contributed by atoms with E-state index in [0.29, 0.717) is 22.9 Å². The average molecular weight is 411 g/mol. The highest BCUT2D eigenvalue weighted by Gasteiger charge is 2.17. The number of carbonyl (C=O) groups is 1. The van der Waals surface area contributed by atoms with Gasteiger partial charge in [-0.3, -0.25) is 0 Å². The van der Waals surface area contributed by atoms with Crippen LogP contribution in [0.3, 0.4) is 0 Å². The van der Waals surface area contributed by atoms with E-state index in [1.54, 1.807) is 6.07 Å². The van der Waals surface area contributed by atoms with E-state index in [2.05, 4.69) is 16.9 Å². The number of rotatable bonds is 7. The lowest BCUT2D eigenvalue weighted by molar-refractivity contribution is 0.0452. The molecule has 0 amide bonds. The molecule has 1 aromatic carbocycles. The minimum atomic E-state index is -3.83. The predicted octanol–water partition coefficient (Wildman–Crippen LogP) is 2.82. The van der Waals surface area contributed by atoms with E-state index in [-0.39, 0.29) is 17.2 Å². The molecule has 0 radical (unpaired) electrons. The lowest BCUT2D eigenvalue weighted by Crippen LogP contribution is -2.12. The Morgan fingerprint density at radius 1 is 1.37 bits per heavy atom. The fourth-order valence-electron chi connectivity index (χ4n) is 2.71. The van der Waals surface area contributed by atoms with E-state index in [1.807, 2.05) is 4.57 Å². The fourth-order valence-corrected chi connectivity index (χ4v) is 3.40. The molecular weight excluding hydrogens is 392 g/mol. The van der Waals surface area contributed by atoms with Crippen LogP contribution in [-0.2, 0) is 27.9 Å². The van der Waals surface area contributed by atoms with Crippen LogP contribution in [0.25, 0.3) is 11.0 Å². The molecule has 2 heterocycles. The molecule has 0 bridgehead atoms. The molecule has 0 saturated heterocycles. The highest BCUT2D eigenvalue weighted by molar-refractivity contribution is 7.89. The fraction of sp³-hybridized carbons (Fsp3) is 0.294. The number of nitrogens with two attached hydrogens (primary N) is 1. The third-order valence-electron chi connectivity index (χ3n) is 4.06. The van der Waals surface area contributed by atoms with Crippen molar-refractivity contribution < 1.29 is 17.9 Å². The maximum Gasteiger partial charge on any atom is 0.355 e. The van der Waals surface area contributed by atoms with Gasteiger partial charge in [0.15, 0.2) is 0 Å². The lowest BCUT2D eigenvalue weighted by atomic mass is 10.3. The van der Waals surface area contributed by atoms with Gasteiger partial charge in [0.25, 0.3) is 0 Å². The molecule has 10 heteroatoms. The summed E-state index contributed by atoms with van der Waals surface area (Å²) in [6, 6.07) is 6.00. The quantitative estimate of drug-likeness (QED) is 0.580. The number of aryl methyl sites for hydroxylation is 1. The van der Waals surface area contributed by atoms with Gasteiger partial charge in [-0.1, -0.05) is 24.9 Å². The minimum absolute atomic E-state index is 0.0142. The number of unbranched alkanes of at least 4 members (excludes halogenated alkanes) is 1. The Morgan fingerprint density at radius 3 is 2.78 bits per heavy atom. The van der Waals surface area contributed by atoms with E-state index < -0.39 is 16.0 Å². The van der Waals surface area contributed by atoms with Crippen molar-refractivity contribution in [3.05, 3.63) is 47.0 Å². The first-order valence-electron chi connectivity index (χ1n) is 8.32. The number of benzene rings is 1. The Hall–Kier alpha value is -2.36. The van der Waals surface area contributed by atoms with Gasteiger partial charge >= 0.3 is 5.97 Å². The van der Waals surface area contributed by atoms with E-state index in [1.165, 1.54) is 24.4 Å². The first kappa shape index (κ1) is 19.4. The normalized spacial score (nSPS) is 11.8. The minimum Gasteiger partial charge on any atom is -0.453 e. The van der Waals surface area contributed by atoms with Gasteiger partial charge in [-0.2, -0.15) is 0 Å². The van der Waals surface area contributed by atoms with Gasteiger partial charge in [0.1, 0.15) is 18.1 Å². The van der Waals surface area contributed by atoms with Gasteiger partial charge in [-0.25, -0.2) is 23.3 Å². The topological polar surface area (TPSA) is 120 Å². The monoisotopic (exact) mass is 410 g/mol. The number of sulfonamides is 1. The number of imidazole rings is 1. The summed E-state index contributed by atoms with van der Waals surface area (Å²) >= 11 is 5.79. The van der Waals surface area contributed by atoms with Crippen LogP contribution in [0.15, 0.2) is 35.4 Å². The molecule has 0 saturated carbocycles. The highest BCUT2D eigenvalue weighted by Crippen LogP contribution is 2.22. The third kappa shape index (κ3) is 4.32. The highest BCUT2D eigenvalue weighted by atomic mass is 35.5. The molecule has 0 spiro atoms. The molecule has 2 aromatic heterocycles. The molecule has 0 fully saturated rings. The number of aromatic amines is 1. The van der Waals surface area contributed by atoms with Gasteiger partial charge in [-0.15, -0.1) is 0 Å². The second kappa shape index (κ2) is 7.71. The Balaban J connectivity index is 1.91. The van der Waals surface area contributed by atoms with Crippen LogP contribution in [0.5, 0.6) is 0 Å². The zero-order chi connectivity index (χ0) is 19.6. The molecule has 3 N–H and O–H groups in total. The van der Waals surface area contributed by atoms with Crippen molar-refractivity contribution in [1.29, 1.82) is 0 Å². The first-order valence-corrected chi connectivity index (χ1v) is 10.2. The Morgan fingerprint density at radius 2 is 2.15 bits per heavy atom. The molecular formula is C17H19ClN4O4S. The Bertz CT molecular complexity index is 1090. The van der Waals surface area contributed by atoms with Crippen molar-refractivity contribution in [3.63, 3.8) is 0 Å². The molecule has 0 atom stereocenters. The van der Waals surface area contributed by atoms with E-state index in [4.69, 9.17) is 21.5 Å². The molecule has 0 aliphatic carbocycles. The van der Waals surface area contributed by atoms with Crippen molar-refractivity contribution in [2.75, 3.05) is 0 Å². The molecule has 3 aromatic rings. The van der Waals surface area contributed by atoms with E-state index >= 15 is 0 Å². The van der Waals surface area contributed by atoms with E-state index in [0.717, 1.165) is 18.4 Å². The van der Waals surface area contributed by atoms with Gasteiger partial charge in [0.2, 0.25) is 10.0 Å². The number of carbonyl (C=O) groups excluding carboxylic acids is 1. The number of esters is 1. The van der Waals surface area contributed by atoms with Gasteiger partial charge in [-0.05, 0) is 30.7 Å². The summed E-state index contributed by atoms with van der Waals surface area (Å²) in [5.41, 5.74) is 1.48. The summed E-state index contributed by atoms with van der Waals surface area (Å²) in [7, 11) is -3.83. The summed E-state index contributed by atoms with van der Waals surface area (Å²) in [6.45, 7) is 2.68. The largest absolute Gasteiger partial charge is 0.453 e. The Labute approximate surface area is 161 Å². The smallest absolute Gasteiger partial charge is 0.355 e. The summed E-state index contributed by atoms with van der Waals surface area (Å²) in [5.74, 6) is -0.0303. The van der Waals surface area contributed by atoms with Crippen LogP contribution in [0.2, 0.25) is 5.02 Å². The molecule has 8 nitrogen and oxygen atoms in total. The van der Waals surface area contributed by atoms with Crippen LogP contribution in [-0.4, -0.2) is 28.9 Å². The first-order chi connectivity index (χ1) is 12.8. The molecule has 3 rings (SSSR count). The number of primary sulfonamides is 1. The Kier molecular flexibility index (Phi) is 5.54. The van der Waals surface area contributed by atoms with Crippen LogP contribution in [0.1, 0.15) is 36.1 Å². The molecule has 0 aliphatic rings. The number of aromatic nitrogens is 3. The average Bonchev–Trinajstić information content (AvgIpc) is 3.20. The van der Waals surface area contributed by atoms with Crippen molar-refractivity contribution in [3.8, 4) is 0 Å². The number of nitrogens with zero attached hydrogens (tertiary/aromatic N) is 2. The number of halogens is 1. The number of hydrogen-bond acceptors (Lipinski definition) is 5. The van der Waals surface area contributed by atoms with Crippen molar-refractivity contribution in [1.82, 2.24) is 14.5 Å². The van der Waals surface area contributed by atoms with Crippen LogP contribution in [0, 0.1) is 0 Å². The van der Waals surface area contributed by atoms with Crippen LogP contribution >= 0.6 is 11.6 Å². The summed E-state index contributed by atoms with van der Waals surface area (Å²) in [5, 5.41) is 5.60. The van der Waals surface area contributed by atoms with Crippen molar-refractivity contribution in [2.45, 2.75) is 37.8 Å². The summed E-state index contributed by atoms with van der Waals surface area (Å²) in [6.07, 6.45) is 3.36. The summed E-state index contributed by atoms with van der Waals surface area (Å²) < 4.78 is 30.4. The number of H-pyrrole nitrogens is 1. The number of fused-ring (bicyclic) bond motifs is 1. The maximum absolute atomic E-state index is 12.1. The van der Waals surface area contributed by atoms with Gasteiger partial charge in [0, 0.05) is 12.7 Å². The third-order valence-corrected chi connectivity index (χ3v) is 5.19. The number of ether oxygens (including phenoxy) is 1. The summed E-state index contributed by atoms with van der Waals surface area (Å²) in [4.78, 5) is 19.3. The van der Waals surface area contributed by atoms with Crippen LogP contribution in [0.4, 0.5) is 0 Å². The van der Waals surface area contributed by atoms with E-state index in [9.17, 15) is 13.2 Å². The molecule has 27 heavy (non-hydrogen) atoms. The maximum atomic E-state index is 12.1. The zero-order valence-electron chi connectivity index (χ0n) is 14.6. The number of hydrogen-bond donors (Lipinski definition) is 2. The standard InChI is InChI=1S/C17H19ClN4O4S/c1-2-3-6-22-15-5-4-12(27(19,24)25)8-13(15)21-16(22)10-26-17(23)14-7-11(18)9-20-14/h4-5,7-9,20H,2-3,6,10H2,1H3,(H2,19,24,25). The van der Waals surface area contributed by atoms with Crippen LogP contribution < -0.4 is 5.14 Å². The predicted molar refractivity (Wildman–Crippen MR) is 101 cm³/mol. The molecule has 144 valence electrons. The van der Waals surface area contributed by atoms with Gasteiger partial charge < -0.3 is 14.3 Å². The second-order valence-corrected chi connectivity index (χ2v) is 8.03. The van der Waals surface area contributed by atoms with Gasteiger partial charge in [0.05, 0.1) is 21.0 Å². The molecule has 0 aliphatic heterocycles.